The Bertz CT molecular complexity index is 487. The fraction of sp³-hybridized carbons (Fsp3) is 0.385. The Labute approximate surface area is 117 Å². The molecule has 1 aromatic carbocycles. The minimum atomic E-state index is -0.327. The van der Waals surface area contributed by atoms with Gasteiger partial charge in [-0.05, 0) is 24.4 Å². The van der Waals surface area contributed by atoms with E-state index in [9.17, 15) is 9.18 Å². The number of anilines is 1. The second kappa shape index (κ2) is 5.97. The van der Waals surface area contributed by atoms with Gasteiger partial charge in [0.15, 0.2) is 5.11 Å². The van der Waals surface area contributed by atoms with Crippen molar-refractivity contribution in [2.24, 2.45) is 0 Å². The lowest BCUT2D eigenvalue weighted by atomic mass is 10.3. The zero-order valence-corrected chi connectivity index (χ0v) is 11.5. The SMILES string of the molecule is CC(=O)N1CCN(C(=S)Nc2ccccc2F)CC1. The predicted octanol–water partition coefficient (Wildman–Crippen LogP) is 1.69. The summed E-state index contributed by atoms with van der Waals surface area (Å²) >= 11 is 5.26. The van der Waals surface area contributed by atoms with Crippen LogP contribution >= 0.6 is 12.2 Å². The van der Waals surface area contributed by atoms with E-state index in [0.29, 0.717) is 37.0 Å². The van der Waals surface area contributed by atoms with Gasteiger partial charge < -0.3 is 15.1 Å². The zero-order chi connectivity index (χ0) is 13.8. The van der Waals surface area contributed by atoms with E-state index in [1.165, 1.54) is 6.07 Å². The number of nitrogens with zero attached hydrogens (tertiary/aromatic N) is 2. The van der Waals surface area contributed by atoms with Crippen LogP contribution in [0.4, 0.5) is 10.1 Å². The Morgan fingerprint density at radius 3 is 2.37 bits per heavy atom. The Morgan fingerprint density at radius 2 is 1.79 bits per heavy atom. The molecule has 0 aliphatic carbocycles. The second-order valence-electron chi connectivity index (χ2n) is 4.40. The molecule has 1 saturated heterocycles. The van der Waals surface area contributed by atoms with Crippen molar-refractivity contribution in [3.63, 3.8) is 0 Å². The van der Waals surface area contributed by atoms with Crippen LogP contribution in [0.2, 0.25) is 0 Å². The van der Waals surface area contributed by atoms with Gasteiger partial charge in [-0.3, -0.25) is 4.79 Å². The number of para-hydroxylation sites is 1. The molecule has 1 N–H and O–H groups in total. The van der Waals surface area contributed by atoms with E-state index in [1.807, 2.05) is 4.90 Å². The third kappa shape index (κ3) is 3.41. The monoisotopic (exact) mass is 281 g/mol. The van der Waals surface area contributed by atoms with Crippen LogP contribution in [0.3, 0.4) is 0 Å². The summed E-state index contributed by atoms with van der Waals surface area (Å²) in [5.74, 6) is -0.250. The Morgan fingerprint density at radius 1 is 1.21 bits per heavy atom. The highest BCUT2D eigenvalue weighted by molar-refractivity contribution is 7.80. The largest absolute Gasteiger partial charge is 0.345 e. The van der Waals surface area contributed by atoms with Crippen LogP contribution in [-0.2, 0) is 4.79 Å². The summed E-state index contributed by atoms with van der Waals surface area (Å²) in [4.78, 5) is 14.9. The number of rotatable bonds is 1. The van der Waals surface area contributed by atoms with Gasteiger partial charge in [0, 0.05) is 33.1 Å². The van der Waals surface area contributed by atoms with Gasteiger partial charge in [0.05, 0.1) is 5.69 Å². The third-order valence-corrected chi connectivity index (χ3v) is 3.49. The molecule has 0 bridgehead atoms. The molecule has 1 heterocycles. The van der Waals surface area contributed by atoms with E-state index in [-0.39, 0.29) is 11.7 Å². The number of piperazine rings is 1. The lowest BCUT2D eigenvalue weighted by molar-refractivity contribution is -0.130. The Hall–Kier alpha value is -1.69. The van der Waals surface area contributed by atoms with Crippen LogP contribution in [-0.4, -0.2) is 47.0 Å². The first-order valence-electron chi connectivity index (χ1n) is 6.14. The molecule has 1 aliphatic rings. The van der Waals surface area contributed by atoms with Crippen molar-refractivity contribution >= 4 is 28.9 Å². The van der Waals surface area contributed by atoms with Gasteiger partial charge in [-0.2, -0.15) is 0 Å². The van der Waals surface area contributed by atoms with Crippen LogP contribution in [0.15, 0.2) is 24.3 Å². The Balaban J connectivity index is 1.92. The van der Waals surface area contributed by atoms with Crippen molar-refractivity contribution in [2.45, 2.75) is 6.92 Å². The van der Waals surface area contributed by atoms with Gasteiger partial charge in [-0.15, -0.1) is 0 Å². The smallest absolute Gasteiger partial charge is 0.219 e. The molecular formula is C13H16FN3OS. The van der Waals surface area contributed by atoms with E-state index in [4.69, 9.17) is 12.2 Å². The van der Waals surface area contributed by atoms with Gasteiger partial charge >= 0.3 is 0 Å². The van der Waals surface area contributed by atoms with Crippen molar-refractivity contribution < 1.29 is 9.18 Å². The summed E-state index contributed by atoms with van der Waals surface area (Å²) in [6.45, 7) is 4.19. The first-order chi connectivity index (χ1) is 9.08. The predicted molar refractivity (Wildman–Crippen MR) is 76.4 cm³/mol. The highest BCUT2D eigenvalue weighted by Gasteiger charge is 2.20. The van der Waals surface area contributed by atoms with Gasteiger partial charge in [0.25, 0.3) is 0 Å². The van der Waals surface area contributed by atoms with Crippen molar-refractivity contribution in [2.75, 3.05) is 31.5 Å². The van der Waals surface area contributed by atoms with Crippen molar-refractivity contribution in [3.05, 3.63) is 30.1 Å². The lowest BCUT2D eigenvalue weighted by Gasteiger charge is -2.35. The maximum Gasteiger partial charge on any atom is 0.219 e. The fourth-order valence-corrected chi connectivity index (χ4v) is 2.27. The number of hydrogen-bond acceptors (Lipinski definition) is 2. The Kier molecular flexibility index (Phi) is 4.31. The van der Waals surface area contributed by atoms with Gasteiger partial charge in [0.1, 0.15) is 5.82 Å². The summed E-state index contributed by atoms with van der Waals surface area (Å²) in [7, 11) is 0. The van der Waals surface area contributed by atoms with Crippen LogP contribution < -0.4 is 5.32 Å². The highest BCUT2D eigenvalue weighted by Crippen LogP contribution is 2.14. The summed E-state index contributed by atoms with van der Waals surface area (Å²) in [5, 5.41) is 3.40. The molecule has 1 aromatic rings. The number of hydrogen-bond donors (Lipinski definition) is 1. The van der Waals surface area contributed by atoms with Crippen LogP contribution in [0.25, 0.3) is 0 Å². The van der Waals surface area contributed by atoms with E-state index in [0.717, 1.165) is 0 Å². The van der Waals surface area contributed by atoms with E-state index < -0.39 is 0 Å². The zero-order valence-electron chi connectivity index (χ0n) is 10.7. The summed E-state index contributed by atoms with van der Waals surface area (Å²) in [6, 6.07) is 6.42. The quantitative estimate of drug-likeness (QED) is 0.795. The molecule has 1 amide bonds. The molecule has 19 heavy (non-hydrogen) atoms. The standard InChI is InChI=1S/C13H16FN3OS/c1-10(18)16-6-8-17(9-7-16)13(19)15-12-5-3-2-4-11(12)14/h2-5H,6-9H2,1H3,(H,15,19). The molecule has 0 radical (unpaired) electrons. The molecule has 1 aliphatic heterocycles. The number of amides is 1. The minimum Gasteiger partial charge on any atom is -0.345 e. The third-order valence-electron chi connectivity index (χ3n) is 3.13. The number of thiocarbonyl (C=S) groups is 1. The first-order valence-corrected chi connectivity index (χ1v) is 6.54. The second-order valence-corrected chi connectivity index (χ2v) is 4.79. The topological polar surface area (TPSA) is 35.6 Å². The maximum atomic E-state index is 13.5. The molecule has 1 fully saturated rings. The number of nitrogens with one attached hydrogen (secondary N) is 1. The average Bonchev–Trinajstić information content (AvgIpc) is 2.41. The normalized spacial score (nSPS) is 15.3. The number of halogens is 1. The lowest BCUT2D eigenvalue weighted by Crippen LogP contribution is -2.51. The maximum absolute atomic E-state index is 13.5. The molecule has 6 heteroatoms. The van der Waals surface area contributed by atoms with Crippen LogP contribution in [0.1, 0.15) is 6.92 Å². The fourth-order valence-electron chi connectivity index (χ4n) is 1.98. The first kappa shape index (κ1) is 13.7. The highest BCUT2D eigenvalue weighted by atomic mass is 32.1. The van der Waals surface area contributed by atoms with Gasteiger partial charge in [-0.1, -0.05) is 12.1 Å². The molecule has 102 valence electrons. The molecule has 0 atom stereocenters. The number of carbonyl (C=O) groups excluding carboxylic acids is 1. The van der Waals surface area contributed by atoms with Crippen molar-refractivity contribution in [1.82, 2.24) is 9.80 Å². The number of benzene rings is 1. The summed E-state index contributed by atoms with van der Waals surface area (Å²) in [5.41, 5.74) is 0.376. The summed E-state index contributed by atoms with van der Waals surface area (Å²) in [6.07, 6.45) is 0. The molecule has 0 aromatic heterocycles. The molecule has 0 spiro atoms. The van der Waals surface area contributed by atoms with Crippen molar-refractivity contribution in [1.29, 1.82) is 0 Å². The van der Waals surface area contributed by atoms with E-state index in [1.54, 1.807) is 30.0 Å². The van der Waals surface area contributed by atoms with Crippen molar-refractivity contribution in [3.8, 4) is 0 Å². The minimum absolute atomic E-state index is 0.0765. The van der Waals surface area contributed by atoms with E-state index in [2.05, 4.69) is 5.32 Å². The molecule has 4 nitrogen and oxygen atoms in total. The molecule has 0 saturated carbocycles. The molecular weight excluding hydrogens is 265 g/mol. The average molecular weight is 281 g/mol. The molecule has 2 rings (SSSR count). The van der Waals surface area contributed by atoms with Crippen LogP contribution in [0, 0.1) is 5.82 Å². The van der Waals surface area contributed by atoms with E-state index >= 15 is 0 Å². The summed E-state index contributed by atoms with van der Waals surface area (Å²) < 4.78 is 13.5. The van der Waals surface area contributed by atoms with Gasteiger partial charge in [-0.25, -0.2) is 4.39 Å². The number of carbonyl (C=O) groups is 1. The van der Waals surface area contributed by atoms with Crippen LogP contribution in [0.5, 0.6) is 0 Å². The van der Waals surface area contributed by atoms with Gasteiger partial charge in [0.2, 0.25) is 5.91 Å². The molecule has 0 unspecified atom stereocenters.